The molecule has 2 N–H and O–H groups in total. The standard InChI is InChI=1S/C27H27N5O3/c28-25-31-27(16-33-25)21-11-18(19-13-29-17-30-14-19)3-5-23(21)35-24-6-4-20(12-22(24)27)32-9-10-34-26(15-32)7-1-2-8-26/h3-6,11-14,17H,1-2,7-10,15-16H2,(H2,28,31)/t27-/m0/s1. The van der Waals surface area contributed by atoms with Crippen LogP contribution in [0.15, 0.2) is 60.1 Å². The first-order valence-corrected chi connectivity index (χ1v) is 12.2. The van der Waals surface area contributed by atoms with Crippen LogP contribution in [0.25, 0.3) is 11.1 Å². The summed E-state index contributed by atoms with van der Waals surface area (Å²) in [6.07, 6.45) is 9.89. The number of rotatable bonds is 2. The Bertz CT molecular complexity index is 1320. The molecule has 0 radical (unpaired) electrons. The number of amidine groups is 1. The van der Waals surface area contributed by atoms with Crippen molar-refractivity contribution in [2.45, 2.75) is 36.8 Å². The predicted octanol–water partition coefficient (Wildman–Crippen LogP) is 3.99. The summed E-state index contributed by atoms with van der Waals surface area (Å²) < 4.78 is 18.4. The summed E-state index contributed by atoms with van der Waals surface area (Å²) >= 11 is 0. The van der Waals surface area contributed by atoms with E-state index in [9.17, 15) is 0 Å². The van der Waals surface area contributed by atoms with Crippen molar-refractivity contribution in [2.75, 3.05) is 31.2 Å². The average molecular weight is 470 g/mol. The molecule has 1 saturated carbocycles. The van der Waals surface area contributed by atoms with Gasteiger partial charge >= 0.3 is 0 Å². The second-order valence-corrected chi connectivity index (χ2v) is 9.88. The molecule has 1 aliphatic carbocycles. The molecular formula is C27H27N5O3. The summed E-state index contributed by atoms with van der Waals surface area (Å²) in [7, 11) is 0. The number of fused-ring (bicyclic) bond motifs is 4. The van der Waals surface area contributed by atoms with Crippen LogP contribution in [0.3, 0.4) is 0 Å². The van der Waals surface area contributed by atoms with Gasteiger partial charge in [-0.25, -0.2) is 15.0 Å². The highest BCUT2D eigenvalue weighted by Gasteiger charge is 2.48. The highest BCUT2D eigenvalue weighted by molar-refractivity contribution is 5.78. The second kappa shape index (κ2) is 7.68. The lowest BCUT2D eigenvalue weighted by Crippen LogP contribution is -2.50. The molecule has 4 aliphatic rings. The minimum absolute atomic E-state index is 0.0132. The van der Waals surface area contributed by atoms with Crippen LogP contribution in [0.5, 0.6) is 11.5 Å². The van der Waals surface area contributed by atoms with Crippen LogP contribution in [0, 0.1) is 0 Å². The minimum Gasteiger partial charge on any atom is -0.462 e. The molecule has 3 aliphatic heterocycles. The minimum atomic E-state index is -0.772. The fourth-order valence-electron chi connectivity index (χ4n) is 6.05. The fourth-order valence-corrected chi connectivity index (χ4v) is 6.05. The number of morpholine rings is 1. The average Bonchev–Trinajstić information content (AvgIpc) is 3.51. The van der Waals surface area contributed by atoms with Crippen molar-refractivity contribution in [3.05, 3.63) is 66.2 Å². The van der Waals surface area contributed by atoms with Crippen LogP contribution in [-0.4, -0.2) is 47.9 Å². The Balaban J connectivity index is 1.33. The Hall–Kier alpha value is -3.65. The molecule has 0 bridgehead atoms. The monoisotopic (exact) mass is 469 g/mol. The van der Waals surface area contributed by atoms with Gasteiger partial charge in [-0.3, -0.25) is 0 Å². The second-order valence-electron chi connectivity index (χ2n) is 9.88. The van der Waals surface area contributed by atoms with Crippen LogP contribution >= 0.6 is 0 Å². The Morgan fingerprint density at radius 2 is 1.69 bits per heavy atom. The van der Waals surface area contributed by atoms with Crippen LogP contribution in [-0.2, 0) is 15.0 Å². The molecule has 1 atom stereocenters. The van der Waals surface area contributed by atoms with Crippen LogP contribution in [0.2, 0.25) is 0 Å². The van der Waals surface area contributed by atoms with Crippen LogP contribution < -0.4 is 15.4 Å². The molecule has 2 aromatic carbocycles. The fraction of sp³-hybridized carbons (Fsp3) is 0.370. The third kappa shape index (κ3) is 3.27. The SMILES string of the molecule is NC1=N[C@@]2(CO1)c1cc(-c3cncnc3)ccc1Oc1ccc(N3CCOC4(CCCC4)C3)cc12. The molecule has 1 saturated heterocycles. The third-order valence-corrected chi connectivity index (χ3v) is 7.81. The van der Waals surface area contributed by atoms with E-state index >= 15 is 0 Å². The zero-order valence-corrected chi connectivity index (χ0v) is 19.4. The summed E-state index contributed by atoms with van der Waals surface area (Å²) in [4.78, 5) is 15.7. The van der Waals surface area contributed by atoms with Crippen LogP contribution in [0.4, 0.5) is 5.69 Å². The number of hydrogen-bond donors (Lipinski definition) is 1. The Morgan fingerprint density at radius 1 is 0.914 bits per heavy atom. The number of benzene rings is 2. The third-order valence-electron chi connectivity index (χ3n) is 7.81. The molecule has 3 aromatic rings. The van der Waals surface area contributed by atoms with Crippen molar-refractivity contribution >= 4 is 11.7 Å². The van der Waals surface area contributed by atoms with E-state index in [-0.39, 0.29) is 11.6 Å². The lowest BCUT2D eigenvalue weighted by molar-refractivity contribution is -0.0501. The molecule has 0 amide bonds. The zero-order valence-electron chi connectivity index (χ0n) is 19.4. The van der Waals surface area contributed by atoms with Gasteiger partial charge in [-0.2, -0.15) is 0 Å². The van der Waals surface area contributed by atoms with E-state index in [1.807, 2.05) is 12.1 Å². The number of anilines is 1. The van der Waals surface area contributed by atoms with Gasteiger partial charge in [-0.15, -0.1) is 0 Å². The normalized spacial score (nSPS) is 24.0. The number of ether oxygens (including phenoxy) is 3. The maximum atomic E-state index is 6.39. The van der Waals surface area contributed by atoms with E-state index in [0.717, 1.165) is 72.0 Å². The maximum Gasteiger partial charge on any atom is 0.283 e. The van der Waals surface area contributed by atoms with Gasteiger partial charge in [0.15, 0.2) is 5.54 Å². The van der Waals surface area contributed by atoms with Crippen molar-refractivity contribution in [1.29, 1.82) is 0 Å². The molecule has 178 valence electrons. The summed E-state index contributed by atoms with van der Waals surface area (Å²) in [5.74, 6) is 1.53. The smallest absolute Gasteiger partial charge is 0.283 e. The molecule has 1 aromatic heterocycles. The Labute approximate surface area is 203 Å². The summed E-state index contributed by atoms with van der Waals surface area (Å²) in [5.41, 5.74) is 10.3. The Kier molecular flexibility index (Phi) is 4.54. The first kappa shape index (κ1) is 20.7. The number of aliphatic imine (C=N–C) groups is 1. The molecule has 0 unspecified atom stereocenters. The molecule has 2 fully saturated rings. The van der Waals surface area contributed by atoms with Gasteiger partial charge in [0.05, 0.1) is 12.2 Å². The van der Waals surface area contributed by atoms with Gasteiger partial charge in [0.25, 0.3) is 6.02 Å². The molecular weight excluding hydrogens is 442 g/mol. The lowest BCUT2D eigenvalue weighted by atomic mass is 9.80. The first-order valence-electron chi connectivity index (χ1n) is 12.2. The number of hydrogen-bond acceptors (Lipinski definition) is 8. The van der Waals surface area contributed by atoms with E-state index in [4.69, 9.17) is 24.9 Å². The largest absolute Gasteiger partial charge is 0.462 e. The Morgan fingerprint density at radius 3 is 2.46 bits per heavy atom. The van der Waals surface area contributed by atoms with Gasteiger partial charge in [0.2, 0.25) is 0 Å². The highest BCUT2D eigenvalue weighted by atomic mass is 16.5. The molecule has 8 nitrogen and oxygen atoms in total. The van der Waals surface area contributed by atoms with Gasteiger partial charge in [-0.05, 0) is 48.7 Å². The van der Waals surface area contributed by atoms with E-state index in [1.165, 1.54) is 19.2 Å². The molecule has 4 heterocycles. The van der Waals surface area contributed by atoms with Crippen molar-refractivity contribution < 1.29 is 14.2 Å². The van der Waals surface area contributed by atoms with Gasteiger partial charge in [0.1, 0.15) is 24.4 Å². The van der Waals surface area contributed by atoms with Crippen LogP contribution in [0.1, 0.15) is 36.8 Å². The van der Waals surface area contributed by atoms with Gasteiger partial charge in [0, 0.05) is 47.9 Å². The van der Waals surface area contributed by atoms with E-state index in [1.54, 1.807) is 12.4 Å². The summed E-state index contributed by atoms with van der Waals surface area (Å²) in [6.45, 7) is 2.85. The first-order chi connectivity index (χ1) is 17.1. The molecule has 7 rings (SSSR count). The van der Waals surface area contributed by atoms with Crippen molar-refractivity contribution in [3.63, 3.8) is 0 Å². The zero-order chi connectivity index (χ0) is 23.5. The van der Waals surface area contributed by atoms with E-state index in [0.29, 0.717) is 6.61 Å². The van der Waals surface area contributed by atoms with Gasteiger partial charge in [-0.1, -0.05) is 18.9 Å². The summed E-state index contributed by atoms with van der Waals surface area (Å²) in [5, 5.41) is 0. The maximum absolute atomic E-state index is 6.39. The molecule has 35 heavy (non-hydrogen) atoms. The summed E-state index contributed by atoms with van der Waals surface area (Å²) in [6, 6.07) is 12.7. The van der Waals surface area contributed by atoms with E-state index in [2.05, 4.69) is 39.1 Å². The highest BCUT2D eigenvalue weighted by Crippen LogP contribution is 2.52. The topological polar surface area (TPSA) is 95.1 Å². The van der Waals surface area contributed by atoms with Crippen molar-refractivity contribution in [1.82, 2.24) is 9.97 Å². The molecule has 8 heteroatoms. The van der Waals surface area contributed by atoms with Gasteiger partial charge < -0.3 is 24.8 Å². The number of aromatic nitrogens is 2. The lowest BCUT2D eigenvalue weighted by Gasteiger charge is -2.42. The van der Waals surface area contributed by atoms with Crippen molar-refractivity contribution in [3.8, 4) is 22.6 Å². The predicted molar refractivity (Wildman–Crippen MR) is 132 cm³/mol. The number of nitrogens with two attached hydrogens (primary N) is 1. The van der Waals surface area contributed by atoms with E-state index < -0.39 is 5.54 Å². The quantitative estimate of drug-likeness (QED) is 0.606. The number of nitrogens with zero attached hydrogens (tertiary/aromatic N) is 4. The van der Waals surface area contributed by atoms with Crippen molar-refractivity contribution in [2.24, 2.45) is 10.7 Å². The molecule has 2 spiro atoms.